The number of rotatable bonds is 6. The van der Waals surface area contributed by atoms with Crippen LogP contribution in [-0.4, -0.2) is 74.0 Å². The lowest BCUT2D eigenvalue weighted by Crippen LogP contribution is -2.59. The highest BCUT2D eigenvalue weighted by atomic mass is 16.2. The van der Waals surface area contributed by atoms with Gasteiger partial charge in [-0.25, -0.2) is 0 Å². The summed E-state index contributed by atoms with van der Waals surface area (Å²) in [5, 5.41) is 5.64. The molecule has 0 aromatic rings. The minimum atomic E-state index is -0.658. The molecule has 0 aliphatic carbocycles. The summed E-state index contributed by atoms with van der Waals surface area (Å²) in [5.74, 6) is -0.0215. The molecule has 20 heavy (non-hydrogen) atoms. The molecule has 2 N–H and O–H groups in total. The van der Waals surface area contributed by atoms with Crippen molar-refractivity contribution in [2.45, 2.75) is 38.3 Å². The Labute approximate surface area is 121 Å². The van der Waals surface area contributed by atoms with Crippen LogP contribution in [0, 0.1) is 0 Å². The third-order valence-electron chi connectivity index (χ3n) is 3.91. The molecule has 2 amide bonds. The van der Waals surface area contributed by atoms with Crippen molar-refractivity contribution >= 4 is 11.8 Å². The van der Waals surface area contributed by atoms with Crippen molar-refractivity contribution < 1.29 is 9.59 Å². The van der Waals surface area contributed by atoms with Gasteiger partial charge in [0, 0.05) is 26.7 Å². The van der Waals surface area contributed by atoms with Crippen LogP contribution in [0.3, 0.4) is 0 Å². The molecule has 0 aromatic carbocycles. The van der Waals surface area contributed by atoms with Crippen LogP contribution in [0.15, 0.2) is 0 Å². The van der Waals surface area contributed by atoms with Crippen molar-refractivity contribution in [2.75, 3.05) is 40.8 Å². The van der Waals surface area contributed by atoms with Gasteiger partial charge in [-0.1, -0.05) is 0 Å². The predicted octanol–water partition coefficient (Wildman–Crippen LogP) is -0.347. The summed E-state index contributed by atoms with van der Waals surface area (Å²) in [4.78, 5) is 28.3. The first-order valence-corrected chi connectivity index (χ1v) is 7.22. The number of nitrogens with zero attached hydrogens (tertiary/aromatic N) is 2. The van der Waals surface area contributed by atoms with E-state index in [-0.39, 0.29) is 17.9 Å². The van der Waals surface area contributed by atoms with Crippen LogP contribution in [0.1, 0.15) is 26.7 Å². The van der Waals surface area contributed by atoms with Crippen molar-refractivity contribution in [1.82, 2.24) is 20.4 Å². The van der Waals surface area contributed by atoms with E-state index in [0.717, 1.165) is 25.9 Å². The van der Waals surface area contributed by atoms with E-state index in [9.17, 15) is 9.59 Å². The first-order valence-electron chi connectivity index (χ1n) is 7.22. The van der Waals surface area contributed by atoms with E-state index in [2.05, 4.69) is 10.6 Å². The second kappa shape index (κ2) is 7.04. The number of hydrogen-bond acceptors (Lipinski definition) is 4. The fourth-order valence-electron chi connectivity index (χ4n) is 2.67. The van der Waals surface area contributed by atoms with Gasteiger partial charge in [0.15, 0.2) is 0 Å². The summed E-state index contributed by atoms with van der Waals surface area (Å²) >= 11 is 0. The molecule has 6 nitrogen and oxygen atoms in total. The van der Waals surface area contributed by atoms with Crippen LogP contribution in [0.4, 0.5) is 0 Å². The maximum Gasteiger partial charge on any atom is 0.239 e. The molecule has 1 fully saturated rings. The van der Waals surface area contributed by atoms with Crippen LogP contribution < -0.4 is 10.6 Å². The molecular weight excluding hydrogens is 256 g/mol. The minimum Gasteiger partial charge on any atom is -0.358 e. The van der Waals surface area contributed by atoms with Crippen molar-refractivity contribution in [3.05, 3.63) is 0 Å². The smallest absolute Gasteiger partial charge is 0.239 e. The largest absolute Gasteiger partial charge is 0.358 e. The average molecular weight is 284 g/mol. The molecule has 1 atom stereocenters. The summed E-state index contributed by atoms with van der Waals surface area (Å²) < 4.78 is 0. The van der Waals surface area contributed by atoms with Gasteiger partial charge in [0.2, 0.25) is 11.8 Å². The van der Waals surface area contributed by atoms with Gasteiger partial charge < -0.3 is 15.5 Å². The van der Waals surface area contributed by atoms with Crippen LogP contribution in [0.2, 0.25) is 0 Å². The van der Waals surface area contributed by atoms with Crippen LogP contribution in [-0.2, 0) is 9.59 Å². The zero-order valence-electron chi connectivity index (χ0n) is 13.3. The molecular formula is C14H28N4O2. The molecule has 1 rings (SSSR count). The lowest BCUT2D eigenvalue weighted by molar-refractivity contribution is -0.135. The van der Waals surface area contributed by atoms with E-state index in [0.29, 0.717) is 6.54 Å². The average Bonchev–Trinajstić information content (AvgIpc) is 2.86. The van der Waals surface area contributed by atoms with E-state index >= 15 is 0 Å². The summed E-state index contributed by atoms with van der Waals surface area (Å²) in [6.07, 6.45) is 1.76. The molecule has 1 aliphatic rings. The molecule has 0 aromatic heterocycles. The molecule has 6 heteroatoms. The molecule has 1 saturated heterocycles. The maximum absolute atomic E-state index is 12.3. The van der Waals surface area contributed by atoms with Gasteiger partial charge in [0.25, 0.3) is 0 Å². The fourth-order valence-corrected chi connectivity index (χ4v) is 2.67. The second-order valence-corrected chi connectivity index (χ2v) is 6.08. The van der Waals surface area contributed by atoms with Crippen LogP contribution >= 0.6 is 0 Å². The lowest BCUT2D eigenvalue weighted by atomic mass is 10.00. The molecule has 0 unspecified atom stereocenters. The first kappa shape index (κ1) is 16.9. The number of carbonyl (C=O) groups is 2. The van der Waals surface area contributed by atoms with Gasteiger partial charge >= 0.3 is 0 Å². The zero-order valence-corrected chi connectivity index (χ0v) is 13.3. The van der Waals surface area contributed by atoms with Crippen molar-refractivity contribution in [2.24, 2.45) is 0 Å². The molecule has 0 saturated carbocycles. The number of likely N-dealkylation sites (tertiary alicyclic amines) is 1. The molecule has 1 aliphatic heterocycles. The Morgan fingerprint density at radius 2 is 2.00 bits per heavy atom. The molecule has 1 heterocycles. The fraction of sp³-hybridized carbons (Fsp3) is 0.857. The third-order valence-corrected chi connectivity index (χ3v) is 3.91. The zero-order chi connectivity index (χ0) is 15.3. The van der Waals surface area contributed by atoms with E-state index in [4.69, 9.17) is 0 Å². The SMILES string of the molecule is CNC(=O)C(C)(C)N1CCC[C@H]1C(=O)NCCN(C)C. The number of hydrogen-bond donors (Lipinski definition) is 2. The summed E-state index contributed by atoms with van der Waals surface area (Å²) in [7, 11) is 5.58. The summed E-state index contributed by atoms with van der Waals surface area (Å²) in [6, 6.07) is -0.204. The normalized spacial score (nSPS) is 20.2. The number of amides is 2. The Hall–Kier alpha value is -1.14. The van der Waals surface area contributed by atoms with Crippen LogP contribution in [0.25, 0.3) is 0 Å². The summed E-state index contributed by atoms with van der Waals surface area (Å²) in [6.45, 7) is 5.98. The molecule has 116 valence electrons. The topological polar surface area (TPSA) is 64.7 Å². The van der Waals surface area contributed by atoms with E-state index in [1.165, 1.54) is 0 Å². The molecule has 0 bridgehead atoms. The van der Waals surface area contributed by atoms with Gasteiger partial charge in [-0.2, -0.15) is 0 Å². The van der Waals surface area contributed by atoms with Gasteiger partial charge in [-0.05, 0) is 40.8 Å². The van der Waals surface area contributed by atoms with Crippen molar-refractivity contribution in [3.8, 4) is 0 Å². The lowest BCUT2D eigenvalue weighted by Gasteiger charge is -2.37. The number of likely N-dealkylation sites (N-methyl/N-ethyl adjacent to an activating group) is 2. The van der Waals surface area contributed by atoms with Crippen molar-refractivity contribution in [3.63, 3.8) is 0 Å². The van der Waals surface area contributed by atoms with Gasteiger partial charge in [-0.15, -0.1) is 0 Å². The Morgan fingerprint density at radius 1 is 1.35 bits per heavy atom. The number of carbonyl (C=O) groups excluding carboxylic acids is 2. The highest BCUT2D eigenvalue weighted by molar-refractivity contribution is 5.87. The standard InChI is InChI=1S/C14H28N4O2/c1-14(2,13(20)15-3)18-9-6-7-11(18)12(19)16-8-10-17(4)5/h11H,6-10H2,1-5H3,(H,15,20)(H,16,19)/t11-/m0/s1. The highest BCUT2D eigenvalue weighted by Crippen LogP contribution is 2.27. The number of nitrogens with one attached hydrogen (secondary N) is 2. The van der Waals surface area contributed by atoms with E-state index < -0.39 is 5.54 Å². The third kappa shape index (κ3) is 3.93. The maximum atomic E-state index is 12.3. The quantitative estimate of drug-likeness (QED) is 0.700. The van der Waals surface area contributed by atoms with Gasteiger partial charge in [-0.3, -0.25) is 14.5 Å². The van der Waals surface area contributed by atoms with Crippen molar-refractivity contribution in [1.29, 1.82) is 0 Å². The Balaban J connectivity index is 2.64. The Bertz CT molecular complexity index is 355. The summed E-state index contributed by atoms with van der Waals surface area (Å²) in [5.41, 5.74) is -0.658. The van der Waals surface area contributed by atoms with Crippen LogP contribution in [0.5, 0.6) is 0 Å². The van der Waals surface area contributed by atoms with E-state index in [1.54, 1.807) is 7.05 Å². The molecule has 0 radical (unpaired) electrons. The monoisotopic (exact) mass is 284 g/mol. The second-order valence-electron chi connectivity index (χ2n) is 6.08. The minimum absolute atomic E-state index is 0.0290. The predicted molar refractivity (Wildman–Crippen MR) is 79.4 cm³/mol. The van der Waals surface area contributed by atoms with E-state index in [1.807, 2.05) is 37.7 Å². The van der Waals surface area contributed by atoms with Gasteiger partial charge in [0.1, 0.15) is 0 Å². The highest BCUT2D eigenvalue weighted by Gasteiger charge is 2.43. The first-order chi connectivity index (χ1) is 9.30. The molecule has 0 spiro atoms. The van der Waals surface area contributed by atoms with Gasteiger partial charge in [0.05, 0.1) is 11.6 Å². The Kier molecular flexibility index (Phi) is 5.95. The Morgan fingerprint density at radius 3 is 2.55 bits per heavy atom.